The van der Waals surface area contributed by atoms with E-state index in [1.165, 1.54) is 12.1 Å². The van der Waals surface area contributed by atoms with Gasteiger partial charge in [-0.2, -0.15) is 0 Å². The normalized spacial score (nSPS) is 20.9. The fourth-order valence-corrected chi connectivity index (χ4v) is 4.49. The number of hydrogen-bond donors (Lipinski definition) is 0. The number of carbonyl (C=O) groups is 1. The molecule has 2 fully saturated rings. The van der Waals surface area contributed by atoms with E-state index in [1.54, 1.807) is 23.9 Å². The molecule has 2 aliphatic rings. The molecule has 10 heteroatoms. The van der Waals surface area contributed by atoms with Gasteiger partial charge in [-0.25, -0.2) is 0 Å². The summed E-state index contributed by atoms with van der Waals surface area (Å²) in [6, 6.07) is 6.56. The van der Waals surface area contributed by atoms with Gasteiger partial charge in [0.05, 0.1) is 10.7 Å². The molecular formula is C17H26Cl2N4O3S. The predicted molar refractivity (Wildman–Crippen MR) is 113 cm³/mol. The van der Waals surface area contributed by atoms with Crippen molar-refractivity contribution >= 4 is 48.2 Å². The van der Waals surface area contributed by atoms with Gasteiger partial charge in [0.25, 0.3) is 5.69 Å². The zero-order chi connectivity index (χ0) is 17.8. The molecule has 0 N–H and O–H groups in total. The molecule has 1 atom stereocenters. The standard InChI is InChI=1S/C17H24N4O3S.2ClH/c1-18-9-11-19(12-10-18)7-2-8-20-16(22)13-25-17(20)14-3-5-15(6-4-14)21(23)24;;/h3-6,17H,2,7-13H2,1H3;2*1H. The van der Waals surface area contributed by atoms with Crippen LogP contribution in [0.15, 0.2) is 24.3 Å². The molecule has 1 aromatic carbocycles. The van der Waals surface area contributed by atoms with E-state index in [0.717, 1.165) is 51.3 Å². The van der Waals surface area contributed by atoms with Gasteiger partial charge < -0.3 is 14.7 Å². The first-order valence-corrected chi connectivity index (χ1v) is 9.66. The fraction of sp³-hybridized carbons (Fsp3) is 0.588. The van der Waals surface area contributed by atoms with E-state index in [1.807, 2.05) is 4.90 Å². The number of rotatable bonds is 6. The van der Waals surface area contributed by atoms with Crippen LogP contribution in [0.1, 0.15) is 17.4 Å². The minimum absolute atomic E-state index is 0. The van der Waals surface area contributed by atoms with E-state index in [4.69, 9.17) is 0 Å². The number of benzene rings is 1. The van der Waals surface area contributed by atoms with Crippen LogP contribution in [0, 0.1) is 10.1 Å². The second-order valence-corrected chi connectivity index (χ2v) is 7.67. The Hall–Kier alpha value is -1.06. The molecule has 1 amide bonds. The van der Waals surface area contributed by atoms with Gasteiger partial charge in [-0.05, 0) is 37.7 Å². The lowest BCUT2D eigenvalue weighted by molar-refractivity contribution is -0.384. The molecular weight excluding hydrogens is 411 g/mol. The van der Waals surface area contributed by atoms with Crippen molar-refractivity contribution in [3.8, 4) is 0 Å². The van der Waals surface area contributed by atoms with Crippen LogP contribution < -0.4 is 0 Å². The van der Waals surface area contributed by atoms with Gasteiger partial charge in [-0.1, -0.05) is 0 Å². The largest absolute Gasteiger partial charge is 0.326 e. The number of nitrogens with zero attached hydrogens (tertiary/aromatic N) is 4. The molecule has 0 bridgehead atoms. The lowest BCUT2D eigenvalue weighted by Gasteiger charge is -2.33. The molecule has 0 saturated carbocycles. The van der Waals surface area contributed by atoms with Crippen LogP contribution in [0.5, 0.6) is 0 Å². The lowest BCUT2D eigenvalue weighted by Crippen LogP contribution is -2.45. The summed E-state index contributed by atoms with van der Waals surface area (Å²) in [5.41, 5.74) is 1.04. The first-order chi connectivity index (χ1) is 12.0. The molecule has 7 nitrogen and oxygen atoms in total. The number of non-ortho nitro benzene ring substituents is 1. The van der Waals surface area contributed by atoms with E-state index in [0.29, 0.717) is 5.75 Å². The maximum atomic E-state index is 12.2. The summed E-state index contributed by atoms with van der Waals surface area (Å²) < 4.78 is 0. The number of nitro groups is 1. The number of likely N-dealkylation sites (N-methyl/N-ethyl adjacent to an activating group) is 1. The Morgan fingerprint density at radius 3 is 2.33 bits per heavy atom. The van der Waals surface area contributed by atoms with Crippen LogP contribution in [-0.4, -0.2) is 77.6 Å². The van der Waals surface area contributed by atoms with Crippen molar-refractivity contribution in [2.75, 3.05) is 52.1 Å². The highest BCUT2D eigenvalue weighted by atomic mass is 35.5. The minimum Gasteiger partial charge on any atom is -0.326 e. The van der Waals surface area contributed by atoms with Crippen LogP contribution in [0.2, 0.25) is 0 Å². The molecule has 152 valence electrons. The smallest absolute Gasteiger partial charge is 0.269 e. The van der Waals surface area contributed by atoms with Gasteiger partial charge in [0, 0.05) is 44.9 Å². The van der Waals surface area contributed by atoms with Crippen molar-refractivity contribution in [3.05, 3.63) is 39.9 Å². The van der Waals surface area contributed by atoms with Gasteiger partial charge >= 0.3 is 0 Å². The number of amides is 1. The first-order valence-electron chi connectivity index (χ1n) is 8.61. The van der Waals surface area contributed by atoms with Gasteiger partial charge in [0.15, 0.2) is 0 Å². The van der Waals surface area contributed by atoms with Crippen molar-refractivity contribution in [2.45, 2.75) is 11.8 Å². The molecule has 0 aromatic heterocycles. The predicted octanol–water partition coefficient (Wildman–Crippen LogP) is 2.65. The number of nitro benzene ring substituents is 1. The monoisotopic (exact) mass is 436 g/mol. The highest BCUT2D eigenvalue weighted by Gasteiger charge is 2.32. The number of thioether (sulfide) groups is 1. The third-order valence-corrected chi connectivity index (χ3v) is 6.08. The Bertz CT molecular complexity index is 627. The summed E-state index contributed by atoms with van der Waals surface area (Å²) in [7, 11) is 2.15. The van der Waals surface area contributed by atoms with Crippen LogP contribution in [0.3, 0.4) is 0 Å². The SMILES string of the molecule is CN1CCN(CCCN2C(=O)CSC2c2ccc([N+](=O)[O-])cc2)CC1.Cl.Cl. The Kier molecular flexibility index (Phi) is 9.83. The summed E-state index contributed by atoms with van der Waals surface area (Å²) in [5, 5.41) is 10.8. The summed E-state index contributed by atoms with van der Waals surface area (Å²) in [5.74, 6) is 0.641. The molecule has 3 rings (SSSR count). The summed E-state index contributed by atoms with van der Waals surface area (Å²) >= 11 is 1.60. The Morgan fingerprint density at radius 2 is 1.74 bits per heavy atom. The highest BCUT2D eigenvalue weighted by Crippen LogP contribution is 2.39. The van der Waals surface area contributed by atoms with Crippen LogP contribution in [-0.2, 0) is 4.79 Å². The number of halogens is 2. The summed E-state index contributed by atoms with van der Waals surface area (Å²) in [6.07, 6.45) is 0.958. The van der Waals surface area contributed by atoms with E-state index >= 15 is 0 Å². The second-order valence-electron chi connectivity index (χ2n) is 6.60. The molecule has 27 heavy (non-hydrogen) atoms. The molecule has 2 saturated heterocycles. The van der Waals surface area contributed by atoms with Gasteiger partial charge in [-0.15, -0.1) is 36.6 Å². The maximum Gasteiger partial charge on any atom is 0.269 e. The third-order valence-electron chi connectivity index (χ3n) is 4.83. The average molecular weight is 437 g/mol. The van der Waals surface area contributed by atoms with E-state index in [2.05, 4.69) is 16.8 Å². The zero-order valence-electron chi connectivity index (χ0n) is 15.3. The zero-order valence-corrected chi connectivity index (χ0v) is 17.7. The average Bonchev–Trinajstić information content (AvgIpc) is 2.98. The molecule has 1 unspecified atom stereocenters. The number of piperazine rings is 1. The van der Waals surface area contributed by atoms with Crippen molar-refractivity contribution in [1.82, 2.24) is 14.7 Å². The lowest BCUT2D eigenvalue weighted by atomic mass is 10.2. The van der Waals surface area contributed by atoms with E-state index < -0.39 is 4.92 Å². The number of hydrogen-bond acceptors (Lipinski definition) is 6. The highest BCUT2D eigenvalue weighted by molar-refractivity contribution is 8.00. The Balaban J connectivity index is 0.00000182. The molecule has 1 aromatic rings. The topological polar surface area (TPSA) is 69.9 Å². The maximum absolute atomic E-state index is 12.2. The summed E-state index contributed by atoms with van der Waals surface area (Å²) in [4.78, 5) is 29.3. The Labute approximate surface area is 176 Å². The molecule has 0 aliphatic carbocycles. The molecule has 0 radical (unpaired) electrons. The van der Waals surface area contributed by atoms with Crippen LogP contribution in [0.25, 0.3) is 0 Å². The van der Waals surface area contributed by atoms with Gasteiger partial charge in [0.1, 0.15) is 5.37 Å². The fourth-order valence-electron chi connectivity index (χ4n) is 3.27. The minimum atomic E-state index is -0.398. The van der Waals surface area contributed by atoms with Crippen molar-refractivity contribution < 1.29 is 9.72 Å². The first kappa shape index (κ1) is 24.0. The molecule has 2 heterocycles. The van der Waals surface area contributed by atoms with Gasteiger partial charge in [-0.3, -0.25) is 14.9 Å². The van der Waals surface area contributed by atoms with Gasteiger partial charge in [0.2, 0.25) is 5.91 Å². The van der Waals surface area contributed by atoms with E-state index in [-0.39, 0.29) is 41.8 Å². The third kappa shape index (κ3) is 6.22. The summed E-state index contributed by atoms with van der Waals surface area (Å²) in [6.45, 7) is 6.12. The second kappa shape index (κ2) is 11.1. The van der Waals surface area contributed by atoms with Crippen molar-refractivity contribution in [1.29, 1.82) is 0 Å². The van der Waals surface area contributed by atoms with E-state index in [9.17, 15) is 14.9 Å². The molecule has 2 aliphatic heterocycles. The van der Waals surface area contributed by atoms with Crippen molar-refractivity contribution in [3.63, 3.8) is 0 Å². The van der Waals surface area contributed by atoms with Crippen LogP contribution >= 0.6 is 36.6 Å². The van der Waals surface area contributed by atoms with Crippen LogP contribution in [0.4, 0.5) is 5.69 Å². The quantitative estimate of drug-likeness (QED) is 0.504. The number of carbonyl (C=O) groups excluding carboxylic acids is 1. The molecule has 0 spiro atoms. The van der Waals surface area contributed by atoms with Crippen molar-refractivity contribution in [2.24, 2.45) is 0 Å². The Morgan fingerprint density at radius 1 is 1.11 bits per heavy atom.